The fourth-order valence-corrected chi connectivity index (χ4v) is 2.07. The highest BCUT2D eigenvalue weighted by Gasteiger charge is 2.13. The van der Waals surface area contributed by atoms with Crippen molar-refractivity contribution in [3.05, 3.63) is 47.7 Å². The number of hydrogen-bond acceptors (Lipinski definition) is 3. The molecule has 0 aliphatic carbocycles. The molecule has 0 bridgehead atoms. The summed E-state index contributed by atoms with van der Waals surface area (Å²) in [6.45, 7) is 7.03. The predicted octanol–water partition coefficient (Wildman–Crippen LogP) is 3.44. The van der Waals surface area contributed by atoms with Crippen LogP contribution in [-0.4, -0.2) is 11.5 Å². The molecule has 2 aromatic rings. The molecule has 1 heterocycles. The van der Waals surface area contributed by atoms with Crippen LogP contribution in [0.25, 0.3) is 0 Å². The number of aryl methyl sites for hydroxylation is 2. The first-order valence-electron chi connectivity index (χ1n) is 6.19. The van der Waals surface area contributed by atoms with Gasteiger partial charge in [0.15, 0.2) is 5.82 Å². The van der Waals surface area contributed by atoms with Crippen molar-refractivity contribution >= 4 is 17.2 Å². The zero-order valence-corrected chi connectivity index (χ0v) is 11.1. The van der Waals surface area contributed by atoms with E-state index in [1.165, 1.54) is 5.56 Å². The predicted molar refractivity (Wildman–Crippen MR) is 77.2 cm³/mol. The minimum Gasteiger partial charge on any atom is -0.396 e. The molecule has 0 saturated heterocycles. The highest BCUT2D eigenvalue weighted by Crippen LogP contribution is 2.30. The van der Waals surface area contributed by atoms with Crippen molar-refractivity contribution in [3.63, 3.8) is 0 Å². The van der Waals surface area contributed by atoms with Crippen LogP contribution in [0.15, 0.2) is 36.4 Å². The van der Waals surface area contributed by atoms with Crippen molar-refractivity contribution in [2.24, 2.45) is 0 Å². The summed E-state index contributed by atoms with van der Waals surface area (Å²) < 4.78 is 0. The van der Waals surface area contributed by atoms with E-state index in [0.29, 0.717) is 5.69 Å². The molecular formula is C15H19N3. The van der Waals surface area contributed by atoms with Crippen LogP contribution in [-0.2, 0) is 0 Å². The second-order valence-corrected chi connectivity index (χ2v) is 4.40. The van der Waals surface area contributed by atoms with Crippen LogP contribution >= 0.6 is 0 Å². The Kier molecular flexibility index (Phi) is 3.51. The van der Waals surface area contributed by atoms with E-state index in [-0.39, 0.29) is 0 Å². The number of nitrogen functional groups attached to an aromatic ring is 1. The van der Waals surface area contributed by atoms with Crippen LogP contribution in [0.3, 0.4) is 0 Å². The largest absolute Gasteiger partial charge is 0.396 e. The van der Waals surface area contributed by atoms with Gasteiger partial charge in [0.2, 0.25) is 0 Å². The van der Waals surface area contributed by atoms with Crippen LogP contribution < -0.4 is 10.6 Å². The number of hydrogen-bond donors (Lipinski definition) is 1. The summed E-state index contributed by atoms with van der Waals surface area (Å²) in [7, 11) is 0. The van der Waals surface area contributed by atoms with Crippen LogP contribution in [0.1, 0.15) is 18.2 Å². The summed E-state index contributed by atoms with van der Waals surface area (Å²) in [5, 5.41) is 0. The monoisotopic (exact) mass is 241 g/mol. The van der Waals surface area contributed by atoms with Crippen LogP contribution in [0.2, 0.25) is 0 Å². The maximum Gasteiger partial charge on any atom is 0.156 e. The third kappa shape index (κ3) is 2.30. The standard InChI is InChI=1S/C15H19N3/c1-4-18(14-8-6-5-7-11(14)2)15-13(16)10-9-12(3)17-15/h5-10H,4,16H2,1-3H3. The maximum absolute atomic E-state index is 6.05. The molecular weight excluding hydrogens is 222 g/mol. The molecule has 3 nitrogen and oxygen atoms in total. The molecule has 1 aromatic heterocycles. The van der Waals surface area contributed by atoms with Gasteiger partial charge in [-0.25, -0.2) is 4.98 Å². The summed E-state index contributed by atoms with van der Waals surface area (Å²) in [5.41, 5.74) is 10.1. The molecule has 0 saturated carbocycles. The second kappa shape index (κ2) is 5.08. The lowest BCUT2D eigenvalue weighted by Gasteiger charge is -2.25. The topological polar surface area (TPSA) is 42.2 Å². The first-order valence-corrected chi connectivity index (χ1v) is 6.19. The molecule has 0 amide bonds. The average Bonchev–Trinajstić information content (AvgIpc) is 2.36. The smallest absolute Gasteiger partial charge is 0.156 e. The van der Waals surface area contributed by atoms with Gasteiger partial charge in [0, 0.05) is 17.9 Å². The highest BCUT2D eigenvalue weighted by molar-refractivity contribution is 5.72. The van der Waals surface area contributed by atoms with Gasteiger partial charge in [-0.15, -0.1) is 0 Å². The van der Waals surface area contributed by atoms with E-state index in [0.717, 1.165) is 23.7 Å². The molecule has 0 spiro atoms. The van der Waals surface area contributed by atoms with Crippen LogP contribution in [0, 0.1) is 13.8 Å². The number of nitrogens with two attached hydrogens (primary N) is 1. The lowest BCUT2D eigenvalue weighted by Crippen LogP contribution is -2.20. The molecule has 94 valence electrons. The minimum absolute atomic E-state index is 0.714. The molecule has 0 unspecified atom stereocenters. The van der Waals surface area contributed by atoms with Gasteiger partial charge in [-0.1, -0.05) is 18.2 Å². The quantitative estimate of drug-likeness (QED) is 0.895. The number of rotatable bonds is 3. The van der Waals surface area contributed by atoms with E-state index in [4.69, 9.17) is 5.73 Å². The summed E-state index contributed by atoms with van der Waals surface area (Å²) in [5.74, 6) is 0.840. The second-order valence-electron chi connectivity index (χ2n) is 4.40. The van der Waals surface area contributed by atoms with Gasteiger partial charge in [-0.05, 0) is 44.5 Å². The number of aromatic nitrogens is 1. The summed E-state index contributed by atoms with van der Waals surface area (Å²) in [4.78, 5) is 6.71. The molecule has 0 fully saturated rings. The Balaban J connectivity index is 2.52. The van der Waals surface area contributed by atoms with Gasteiger partial charge in [0.05, 0.1) is 5.69 Å². The number of nitrogens with zero attached hydrogens (tertiary/aromatic N) is 2. The summed E-state index contributed by atoms with van der Waals surface area (Å²) in [6.07, 6.45) is 0. The normalized spacial score (nSPS) is 10.4. The van der Waals surface area contributed by atoms with Gasteiger partial charge < -0.3 is 10.6 Å². The van der Waals surface area contributed by atoms with Gasteiger partial charge in [-0.3, -0.25) is 0 Å². The first-order chi connectivity index (χ1) is 8.63. The molecule has 0 atom stereocenters. The van der Waals surface area contributed by atoms with Crippen molar-refractivity contribution in [3.8, 4) is 0 Å². The zero-order chi connectivity index (χ0) is 13.1. The van der Waals surface area contributed by atoms with E-state index in [9.17, 15) is 0 Å². The van der Waals surface area contributed by atoms with Crippen molar-refractivity contribution < 1.29 is 0 Å². The summed E-state index contributed by atoms with van der Waals surface area (Å²) >= 11 is 0. The molecule has 18 heavy (non-hydrogen) atoms. The molecule has 0 radical (unpaired) electrons. The SMILES string of the molecule is CCN(c1ccccc1C)c1nc(C)ccc1N. The molecule has 3 heteroatoms. The minimum atomic E-state index is 0.714. The lowest BCUT2D eigenvalue weighted by molar-refractivity contribution is 0.975. The number of para-hydroxylation sites is 1. The zero-order valence-electron chi connectivity index (χ0n) is 11.1. The Morgan fingerprint density at radius 3 is 2.50 bits per heavy atom. The van der Waals surface area contributed by atoms with Gasteiger partial charge in [0.1, 0.15) is 0 Å². The Morgan fingerprint density at radius 1 is 1.11 bits per heavy atom. The van der Waals surface area contributed by atoms with Crippen molar-refractivity contribution in [1.29, 1.82) is 0 Å². The average molecular weight is 241 g/mol. The number of benzene rings is 1. The third-order valence-electron chi connectivity index (χ3n) is 3.02. The Labute approximate surface area is 108 Å². The lowest BCUT2D eigenvalue weighted by atomic mass is 10.1. The Morgan fingerprint density at radius 2 is 1.83 bits per heavy atom. The van der Waals surface area contributed by atoms with E-state index in [1.54, 1.807) is 0 Å². The van der Waals surface area contributed by atoms with E-state index in [2.05, 4.69) is 35.9 Å². The van der Waals surface area contributed by atoms with E-state index in [1.807, 2.05) is 31.2 Å². The van der Waals surface area contributed by atoms with E-state index < -0.39 is 0 Å². The third-order valence-corrected chi connectivity index (χ3v) is 3.02. The number of pyridine rings is 1. The summed E-state index contributed by atoms with van der Waals surface area (Å²) in [6, 6.07) is 12.1. The molecule has 1 aromatic carbocycles. The van der Waals surface area contributed by atoms with Crippen molar-refractivity contribution in [2.45, 2.75) is 20.8 Å². The molecule has 2 N–H and O–H groups in total. The van der Waals surface area contributed by atoms with E-state index >= 15 is 0 Å². The maximum atomic E-state index is 6.05. The van der Waals surface area contributed by atoms with Gasteiger partial charge >= 0.3 is 0 Å². The number of anilines is 3. The fourth-order valence-electron chi connectivity index (χ4n) is 2.07. The highest BCUT2D eigenvalue weighted by atomic mass is 15.2. The first kappa shape index (κ1) is 12.4. The molecule has 0 aliphatic rings. The molecule has 2 rings (SSSR count). The van der Waals surface area contributed by atoms with Gasteiger partial charge in [0.25, 0.3) is 0 Å². The van der Waals surface area contributed by atoms with Gasteiger partial charge in [-0.2, -0.15) is 0 Å². The van der Waals surface area contributed by atoms with Crippen LogP contribution in [0.5, 0.6) is 0 Å². The van der Waals surface area contributed by atoms with Crippen molar-refractivity contribution in [1.82, 2.24) is 4.98 Å². The Hall–Kier alpha value is -2.03. The fraction of sp³-hybridized carbons (Fsp3) is 0.267. The molecule has 0 aliphatic heterocycles. The van der Waals surface area contributed by atoms with Crippen LogP contribution in [0.4, 0.5) is 17.2 Å². The van der Waals surface area contributed by atoms with Crippen molar-refractivity contribution in [2.75, 3.05) is 17.2 Å². The Bertz CT molecular complexity index is 549.